The molecule has 2 heterocycles. The molecule has 0 spiro atoms. The maximum atomic E-state index is 13.0. The molecule has 9 nitrogen and oxygen atoms in total. The van der Waals surface area contributed by atoms with E-state index < -0.39 is 4.92 Å². The van der Waals surface area contributed by atoms with Crippen molar-refractivity contribution in [2.75, 3.05) is 25.0 Å². The predicted molar refractivity (Wildman–Crippen MR) is 114 cm³/mol. The van der Waals surface area contributed by atoms with Gasteiger partial charge < -0.3 is 9.80 Å². The lowest BCUT2D eigenvalue weighted by Gasteiger charge is -2.33. The van der Waals surface area contributed by atoms with E-state index in [0.29, 0.717) is 18.7 Å². The molecule has 9 heteroatoms. The van der Waals surface area contributed by atoms with Gasteiger partial charge in [-0.2, -0.15) is 5.10 Å². The standard InChI is InChI=1S/C21H27N5O4/c1-14(2)23(4)18-11-20(27)25(22-12-18)17-6-5-9-24(13-17)21(28)16-8-7-15(3)19(10-16)26(29)30/h7-8,10-12,14,17H,5-6,9,13H2,1-4H3/t17-/m1/s1. The molecule has 1 fully saturated rings. The summed E-state index contributed by atoms with van der Waals surface area (Å²) in [5.74, 6) is -0.271. The Morgan fingerprint density at radius 3 is 2.70 bits per heavy atom. The molecular weight excluding hydrogens is 386 g/mol. The third-order valence-corrected chi connectivity index (χ3v) is 5.68. The molecule has 30 heavy (non-hydrogen) atoms. The zero-order valence-corrected chi connectivity index (χ0v) is 17.7. The van der Waals surface area contributed by atoms with Crippen LogP contribution in [-0.4, -0.2) is 51.7 Å². The zero-order chi connectivity index (χ0) is 22.0. The summed E-state index contributed by atoms with van der Waals surface area (Å²) in [6.07, 6.45) is 3.14. The Bertz CT molecular complexity index is 1020. The highest BCUT2D eigenvalue weighted by Crippen LogP contribution is 2.24. The van der Waals surface area contributed by atoms with Gasteiger partial charge in [0.15, 0.2) is 0 Å². The van der Waals surface area contributed by atoms with Gasteiger partial charge in [-0.05, 0) is 39.7 Å². The number of benzene rings is 1. The van der Waals surface area contributed by atoms with Crippen molar-refractivity contribution in [3.05, 3.63) is 62.1 Å². The van der Waals surface area contributed by atoms with Crippen molar-refractivity contribution in [1.29, 1.82) is 0 Å². The fourth-order valence-electron chi connectivity index (χ4n) is 3.63. The van der Waals surface area contributed by atoms with Crippen LogP contribution in [0.5, 0.6) is 0 Å². The summed E-state index contributed by atoms with van der Waals surface area (Å²) < 4.78 is 1.44. The first-order valence-electron chi connectivity index (χ1n) is 10.0. The van der Waals surface area contributed by atoms with Gasteiger partial charge in [-0.25, -0.2) is 4.68 Å². The molecule has 0 bridgehead atoms. The Balaban J connectivity index is 1.80. The SMILES string of the molecule is Cc1ccc(C(=O)N2CCC[C@@H](n3ncc(N(C)C(C)C)cc3=O)C2)cc1[N+](=O)[O-]. The molecule has 0 radical (unpaired) electrons. The number of piperidine rings is 1. The predicted octanol–water partition coefficient (Wildman–Crippen LogP) is 2.78. The van der Waals surface area contributed by atoms with E-state index in [2.05, 4.69) is 5.10 Å². The molecule has 3 rings (SSSR count). The van der Waals surface area contributed by atoms with E-state index in [-0.39, 0.29) is 34.8 Å². The lowest BCUT2D eigenvalue weighted by Crippen LogP contribution is -2.43. The third-order valence-electron chi connectivity index (χ3n) is 5.68. The van der Waals surface area contributed by atoms with E-state index in [0.717, 1.165) is 18.5 Å². The van der Waals surface area contributed by atoms with Crippen LogP contribution >= 0.6 is 0 Å². The Hall–Kier alpha value is -3.23. The number of amides is 1. The van der Waals surface area contributed by atoms with Crippen molar-refractivity contribution >= 4 is 17.3 Å². The topological polar surface area (TPSA) is 102 Å². The van der Waals surface area contributed by atoms with Crippen LogP contribution in [0.25, 0.3) is 0 Å². The van der Waals surface area contributed by atoms with Crippen LogP contribution in [-0.2, 0) is 0 Å². The summed E-state index contributed by atoms with van der Waals surface area (Å²) in [7, 11) is 1.91. The first-order valence-corrected chi connectivity index (χ1v) is 10.0. The van der Waals surface area contributed by atoms with Crippen LogP contribution in [0.4, 0.5) is 11.4 Å². The van der Waals surface area contributed by atoms with Gasteiger partial charge >= 0.3 is 0 Å². The second-order valence-corrected chi connectivity index (χ2v) is 8.01. The highest BCUT2D eigenvalue weighted by molar-refractivity contribution is 5.95. The van der Waals surface area contributed by atoms with Gasteiger partial charge in [-0.3, -0.25) is 19.7 Å². The first kappa shape index (κ1) is 21.5. The number of likely N-dealkylation sites (tertiary alicyclic amines) is 1. The molecule has 0 N–H and O–H groups in total. The Morgan fingerprint density at radius 1 is 1.33 bits per heavy atom. The van der Waals surface area contributed by atoms with E-state index in [4.69, 9.17) is 0 Å². The van der Waals surface area contributed by atoms with Crippen molar-refractivity contribution in [2.24, 2.45) is 0 Å². The minimum Gasteiger partial charge on any atom is -0.371 e. The molecule has 0 unspecified atom stereocenters. The van der Waals surface area contributed by atoms with Gasteiger partial charge in [0, 0.05) is 49.4 Å². The van der Waals surface area contributed by atoms with Crippen molar-refractivity contribution in [3.63, 3.8) is 0 Å². The molecule has 160 valence electrons. The summed E-state index contributed by atoms with van der Waals surface area (Å²) in [5, 5.41) is 15.6. The maximum Gasteiger partial charge on any atom is 0.273 e. The van der Waals surface area contributed by atoms with Crippen LogP contribution in [0.1, 0.15) is 48.7 Å². The van der Waals surface area contributed by atoms with E-state index in [1.807, 2.05) is 25.8 Å². The van der Waals surface area contributed by atoms with Gasteiger partial charge in [-0.1, -0.05) is 6.07 Å². The number of aryl methyl sites for hydroxylation is 1. The number of anilines is 1. The van der Waals surface area contributed by atoms with Gasteiger partial charge in [0.25, 0.3) is 17.2 Å². The van der Waals surface area contributed by atoms with Crippen molar-refractivity contribution < 1.29 is 9.72 Å². The highest BCUT2D eigenvalue weighted by Gasteiger charge is 2.28. The second kappa shape index (κ2) is 8.64. The number of rotatable bonds is 5. The lowest BCUT2D eigenvalue weighted by atomic mass is 10.0. The van der Waals surface area contributed by atoms with Gasteiger partial charge in [-0.15, -0.1) is 0 Å². The van der Waals surface area contributed by atoms with Crippen LogP contribution in [0, 0.1) is 17.0 Å². The van der Waals surface area contributed by atoms with E-state index in [1.165, 1.54) is 10.7 Å². The third kappa shape index (κ3) is 4.34. The summed E-state index contributed by atoms with van der Waals surface area (Å²) in [4.78, 5) is 39.9. The van der Waals surface area contributed by atoms with Crippen molar-refractivity contribution in [1.82, 2.24) is 14.7 Å². The summed E-state index contributed by atoms with van der Waals surface area (Å²) in [6, 6.07) is 6.09. The Labute approximate surface area is 175 Å². The number of nitrogens with zero attached hydrogens (tertiary/aromatic N) is 5. The molecule has 1 aliphatic heterocycles. The molecule has 1 aliphatic rings. The number of aromatic nitrogens is 2. The molecule has 1 aromatic carbocycles. The Morgan fingerprint density at radius 2 is 2.07 bits per heavy atom. The van der Waals surface area contributed by atoms with Crippen molar-refractivity contribution in [2.45, 2.75) is 45.7 Å². The minimum atomic E-state index is -0.482. The van der Waals surface area contributed by atoms with E-state index in [9.17, 15) is 19.7 Å². The molecule has 0 aliphatic carbocycles. The van der Waals surface area contributed by atoms with Crippen molar-refractivity contribution in [3.8, 4) is 0 Å². The Kier molecular flexibility index (Phi) is 6.19. The van der Waals surface area contributed by atoms with Crippen LogP contribution < -0.4 is 10.5 Å². The number of nitro groups is 1. The second-order valence-electron chi connectivity index (χ2n) is 8.01. The molecule has 1 atom stereocenters. The zero-order valence-electron chi connectivity index (χ0n) is 17.7. The van der Waals surface area contributed by atoms with Crippen LogP contribution in [0.15, 0.2) is 35.3 Å². The highest BCUT2D eigenvalue weighted by atomic mass is 16.6. The van der Waals surface area contributed by atoms with Gasteiger partial charge in [0.1, 0.15) is 0 Å². The molecule has 1 aromatic heterocycles. The first-order chi connectivity index (χ1) is 14.2. The smallest absolute Gasteiger partial charge is 0.273 e. The maximum absolute atomic E-state index is 13.0. The number of carbonyl (C=O) groups is 1. The fourth-order valence-corrected chi connectivity index (χ4v) is 3.63. The molecule has 1 amide bonds. The number of hydrogen-bond donors (Lipinski definition) is 0. The minimum absolute atomic E-state index is 0.0721. The van der Waals surface area contributed by atoms with Gasteiger partial charge in [0.05, 0.1) is 22.8 Å². The summed E-state index contributed by atoms with van der Waals surface area (Å²) in [5.41, 5.74) is 1.27. The monoisotopic (exact) mass is 413 g/mol. The van der Waals surface area contributed by atoms with E-state index >= 15 is 0 Å². The van der Waals surface area contributed by atoms with Gasteiger partial charge in [0.2, 0.25) is 0 Å². The average Bonchev–Trinajstić information content (AvgIpc) is 2.72. The number of nitro benzene ring substituents is 1. The number of carbonyl (C=O) groups excluding carboxylic acids is 1. The molecular formula is C21H27N5O4. The largest absolute Gasteiger partial charge is 0.371 e. The lowest BCUT2D eigenvalue weighted by molar-refractivity contribution is -0.385. The molecule has 1 saturated heterocycles. The van der Waals surface area contributed by atoms with E-state index in [1.54, 1.807) is 36.2 Å². The summed E-state index contributed by atoms with van der Waals surface area (Å²) >= 11 is 0. The van der Waals surface area contributed by atoms with Crippen LogP contribution in [0.3, 0.4) is 0 Å². The number of hydrogen-bond acceptors (Lipinski definition) is 6. The fraction of sp³-hybridized carbons (Fsp3) is 0.476. The van der Waals surface area contributed by atoms with Crippen LogP contribution in [0.2, 0.25) is 0 Å². The quantitative estimate of drug-likeness (QED) is 0.552. The summed E-state index contributed by atoms with van der Waals surface area (Å²) in [6.45, 7) is 6.59. The average molecular weight is 413 g/mol. The molecule has 0 saturated carbocycles. The normalized spacial score (nSPS) is 16.6. The molecule has 2 aromatic rings.